The highest BCUT2D eigenvalue weighted by molar-refractivity contribution is 5.85. The Morgan fingerprint density at radius 2 is 2.04 bits per heavy atom. The predicted molar refractivity (Wildman–Crippen MR) is 99.8 cm³/mol. The molecule has 0 spiro atoms. The van der Waals surface area contributed by atoms with E-state index in [-0.39, 0.29) is 40.6 Å². The van der Waals surface area contributed by atoms with Crippen LogP contribution in [0, 0.1) is 22.7 Å². The number of rotatable bonds is 4. The Kier molecular flexibility index (Phi) is 4.26. The Labute approximate surface area is 161 Å². The monoisotopic (exact) mass is 376 g/mol. The minimum Gasteiger partial charge on any atom is -0.462 e. The van der Waals surface area contributed by atoms with Crippen molar-refractivity contribution in [3.05, 3.63) is 11.6 Å². The maximum atomic E-state index is 11.8. The van der Waals surface area contributed by atoms with E-state index >= 15 is 0 Å². The second kappa shape index (κ2) is 6.07. The fourth-order valence-corrected chi connectivity index (χ4v) is 6.55. The van der Waals surface area contributed by atoms with Crippen LogP contribution < -0.4 is 0 Å². The third-order valence-corrected chi connectivity index (χ3v) is 8.63. The summed E-state index contributed by atoms with van der Waals surface area (Å²) in [5.41, 5.74) is 0.819. The molecule has 0 aromatic carbocycles. The van der Waals surface area contributed by atoms with Crippen LogP contribution in [0.15, 0.2) is 11.6 Å². The summed E-state index contributed by atoms with van der Waals surface area (Å²) in [6, 6.07) is 0. The molecule has 5 nitrogen and oxygen atoms in total. The topological polar surface area (TPSA) is 65.1 Å². The van der Waals surface area contributed by atoms with Gasteiger partial charge in [0, 0.05) is 18.4 Å². The lowest BCUT2D eigenvalue weighted by Gasteiger charge is -2.61. The lowest BCUT2D eigenvalue weighted by molar-refractivity contribution is -0.197. The van der Waals surface area contributed by atoms with Crippen LogP contribution in [0.3, 0.4) is 0 Å². The Hall–Kier alpha value is -1.36. The van der Waals surface area contributed by atoms with Gasteiger partial charge in [-0.15, -0.1) is 0 Å². The SMILES string of the molecule is CC(=O)O[C@@H]1C[C@@H](C)[C@@](C)(CCC2=CC(=O)OC2)[C@@H]2CC[C@@H]3O[C@]3(C)[C@]12C. The molecule has 7 atom stereocenters. The third kappa shape index (κ3) is 2.68. The Morgan fingerprint density at radius 1 is 1.30 bits per heavy atom. The molecular formula is C22H32O5. The number of esters is 2. The second-order valence-corrected chi connectivity index (χ2v) is 9.78. The number of hydrogen-bond acceptors (Lipinski definition) is 5. The maximum Gasteiger partial charge on any atom is 0.331 e. The maximum absolute atomic E-state index is 11.8. The molecule has 2 aliphatic carbocycles. The van der Waals surface area contributed by atoms with E-state index in [1.54, 1.807) is 6.08 Å². The van der Waals surface area contributed by atoms with Gasteiger partial charge in [0.05, 0.1) is 6.10 Å². The summed E-state index contributed by atoms with van der Waals surface area (Å²) in [6.07, 6.45) is 6.79. The van der Waals surface area contributed by atoms with Crippen molar-refractivity contribution in [2.45, 2.75) is 84.5 Å². The van der Waals surface area contributed by atoms with Gasteiger partial charge >= 0.3 is 11.9 Å². The molecule has 3 fully saturated rings. The first-order valence-corrected chi connectivity index (χ1v) is 10.3. The van der Waals surface area contributed by atoms with Gasteiger partial charge in [-0.25, -0.2) is 4.79 Å². The Balaban J connectivity index is 1.64. The molecule has 0 unspecified atom stereocenters. The molecule has 0 aromatic rings. The van der Waals surface area contributed by atoms with Crippen molar-refractivity contribution in [3.63, 3.8) is 0 Å². The number of ether oxygens (including phenoxy) is 3. The van der Waals surface area contributed by atoms with Gasteiger partial charge in [0.1, 0.15) is 18.3 Å². The van der Waals surface area contributed by atoms with Gasteiger partial charge in [-0.05, 0) is 61.9 Å². The number of hydrogen-bond donors (Lipinski definition) is 0. The summed E-state index contributed by atoms with van der Waals surface area (Å²) < 4.78 is 17.2. The van der Waals surface area contributed by atoms with E-state index in [1.165, 1.54) is 6.92 Å². The van der Waals surface area contributed by atoms with Crippen LogP contribution in [0.2, 0.25) is 0 Å². The van der Waals surface area contributed by atoms with E-state index in [9.17, 15) is 9.59 Å². The van der Waals surface area contributed by atoms with Gasteiger partial charge in [-0.2, -0.15) is 0 Å². The van der Waals surface area contributed by atoms with Gasteiger partial charge < -0.3 is 14.2 Å². The van der Waals surface area contributed by atoms with E-state index in [0.29, 0.717) is 18.4 Å². The lowest BCUT2D eigenvalue weighted by Crippen LogP contribution is -2.63. The highest BCUT2D eigenvalue weighted by atomic mass is 16.6. The molecule has 2 aliphatic heterocycles. The van der Waals surface area contributed by atoms with Crippen molar-refractivity contribution < 1.29 is 23.8 Å². The quantitative estimate of drug-likeness (QED) is 0.551. The first kappa shape index (κ1) is 19.0. The van der Waals surface area contributed by atoms with Crippen molar-refractivity contribution in [2.24, 2.45) is 22.7 Å². The molecule has 0 aromatic heterocycles. The second-order valence-electron chi connectivity index (χ2n) is 9.78. The van der Waals surface area contributed by atoms with Crippen LogP contribution in [0.4, 0.5) is 0 Å². The summed E-state index contributed by atoms with van der Waals surface area (Å²) in [4.78, 5) is 23.2. The van der Waals surface area contributed by atoms with Crippen LogP contribution >= 0.6 is 0 Å². The molecule has 2 heterocycles. The van der Waals surface area contributed by atoms with Crippen LogP contribution in [0.25, 0.3) is 0 Å². The van der Waals surface area contributed by atoms with E-state index < -0.39 is 0 Å². The number of cyclic esters (lactones) is 1. The largest absolute Gasteiger partial charge is 0.462 e. The van der Waals surface area contributed by atoms with E-state index in [0.717, 1.165) is 37.7 Å². The molecule has 0 N–H and O–H groups in total. The van der Waals surface area contributed by atoms with Crippen molar-refractivity contribution in [1.29, 1.82) is 0 Å². The fraction of sp³-hybridized carbons (Fsp3) is 0.818. The van der Waals surface area contributed by atoms with Crippen LogP contribution in [0.5, 0.6) is 0 Å². The first-order valence-electron chi connectivity index (χ1n) is 10.3. The summed E-state index contributed by atoms with van der Waals surface area (Å²) in [6.45, 7) is 11.1. The summed E-state index contributed by atoms with van der Waals surface area (Å²) >= 11 is 0. The van der Waals surface area contributed by atoms with E-state index in [2.05, 4.69) is 27.7 Å². The van der Waals surface area contributed by atoms with Gasteiger partial charge in [0.25, 0.3) is 0 Å². The van der Waals surface area contributed by atoms with E-state index in [4.69, 9.17) is 14.2 Å². The van der Waals surface area contributed by atoms with E-state index in [1.807, 2.05) is 0 Å². The molecule has 5 heteroatoms. The zero-order valence-electron chi connectivity index (χ0n) is 17.2. The van der Waals surface area contributed by atoms with Crippen molar-refractivity contribution in [3.8, 4) is 0 Å². The first-order chi connectivity index (χ1) is 12.6. The minimum atomic E-state index is -0.217. The molecule has 0 bridgehead atoms. The summed E-state index contributed by atoms with van der Waals surface area (Å²) in [5.74, 6) is 0.429. The molecular weight excluding hydrogens is 344 g/mol. The molecule has 4 rings (SSSR count). The predicted octanol–water partition coefficient (Wildman–Crippen LogP) is 3.80. The fourth-order valence-electron chi connectivity index (χ4n) is 6.55. The highest BCUT2D eigenvalue weighted by Gasteiger charge is 2.75. The Bertz CT molecular complexity index is 699. The zero-order valence-corrected chi connectivity index (χ0v) is 17.2. The third-order valence-electron chi connectivity index (χ3n) is 8.63. The molecule has 1 saturated heterocycles. The summed E-state index contributed by atoms with van der Waals surface area (Å²) in [7, 11) is 0. The molecule has 2 saturated carbocycles. The number of carbonyl (C=O) groups is 2. The average molecular weight is 376 g/mol. The molecule has 0 radical (unpaired) electrons. The minimum absolute atomic E-state index is 0.103. The smallest absolute Gasteiger partial charge is 0.331 e. The Morgan fingerprint density at radius 3 is 2.67 bits per heavy atom. The van der Waals surface area contributed by atoms with Gasteiger partial charge in [-0.1, -0.05) is 20.8 Å². The number of epoxide rings is 1. The standard InChI is InChI=1S/C22H32O5/c1-13-10-18(26-14(2)23)21(4)16(6-7-17-22(21,5)27-17)20(13,3)9-8-15-11-19(24)25-12-15/h11,13,16-18H,6-10,12H2,1-5H3/t13-,16+,17+,18-,20-,21+,22+/m1/s1. The molecule has 27 heavy (non-hydrogen) atoms. The highest BCUT2D eigenvalue weighted by Crippen LogP contribution is 2.70. The normalized spacial score (nSPS) is 48.2. The molecule has 0 amide bonds. The van der Waals surface area contributed by atoms with Crippen molar-refractivity contribution in [2.75, 3.05) is 6.61 Å². The van der Waals surface area contributed by atoms with Crippen LogP contribution in [0.1, 0.15) is 66.7 Å². The van der Waals surface area contributed by atoms with Gasteiger partial charge in [0.15, 0.2) is 0 Å². The van der Waals surface area contributed by atoms with Crippen molar-refractivity contribution >= 4 is 11.9 Å². The number of carbonyl (C=O) groups excluding carboxylic acids is 2. The van der Waals surface area contributed by atoms with Crippen molar-refractivity contribution in [1.82, 2.24) is 0 Å². The summed E-state index contributed by atoms with van der Waals surface area (Å²) in [5, 5.41) is 0. The zero-order chi connectivity index (χ0) is 19.6. The van der Waals surface area contributed by atoms with Gasteiger partial charge in [0.2, 0.25) is 0 Å². The molecule has 4 aliphatic rings. The van der Waals surface area contributed by atoms with Crippen LogP contribution in [-0.4, -0.2) is 36.4 Å². The lowest BCUT2D eigenvalue weighted by atomic mass is 9.43. The van der Waals surface area contributed by atoms with Crippen LogP contribution in [-0.2, 0) is 23.8 Å². The molecule has 150 valence electrons. The number of fused-ring (bicyclic) bond motifs is 3. The van der Waals surface area contributed by atoms with Gasteiger partial charge in [-0.3, -0.25) is 4.79 Å². The average Bonchev–Trinajstić information content (AvgIpc) is 3.11.